The molecule has 0 fully saturated rings. The van der Waals surface area contributed by atoms with E-state index in [0.29, 0.717) is 5.69 Å². The molecule has 0 saturated heterocycles. The highest BCUT2D eigenvalue weighted by Gasteiger charge is 2.01. The lowest BCUT2D eigenvalue weighted by atomic mass is 10.1. The zero-order valence-electron chi connectivity index (χ0n) is 8.24. The first-order chi connectivity index (χ1) is 6.70. The maximum Gasteiger partial charge on any atom is 0.168 e. The molecule has 2 heteroatoms. The number of carbonyl (C=O) groups is 1. The number of aromatic nitrogens is 1. The summed E-state index contributed by atoms with van der Waals surface area (Å²) in [6.07, 6.45) is 0.777. The summed E-state index contributed by atoms with van der Waals surface area (Å²) in [6.45, 7) is 4.07. The van der Waals surface area contributed by atoms with E-state index in [-0.39, 0.29) is 0 Å². The number of hydrogen-bond donors (Lipinski definition) is 0. The summed E-state index contributed by atoms with van der Waals surface area (Å²) in [5.74, 6) is 0. The minimum atomic E-state index is 0.490. The first-order valence-electron chi connectivity index (χ1n) is 4.54. The Balaban J connectivity index is 2.81. The Morgan fingerprint density at radius 2 is 2.00 bits per heavy atom. The van der Waals surface area contributed by atoms with E-state index in [9.17, 15) is 4.79 Å². The molecule has 0 aliphatic heterocycles. The highest BCUT2D eigenvalue weighted by molar-refractivity contribution is 5.86. The van der Waals surface area contributed by atoms with E-state index in [1.807, 2.05) is 13.0 Å². The van der Waals surface area contributed by atoms with Gasteiger partial charge in [-0.1, -0.05) is 17.7 Å². The van der Waals surface area contributed by atoms with E-state index in [2.05, 4.69) is 24.0 Å². The Kier molecular flexibility index (Phi) is 2.04. The fraction of sp³-hybridized carbons (Fsp3) is 0.167. The molecule has 0 unspecified atom stereocenters. The summed E-state index contributed by atoms with van der Waals surface area (Å²) >= 11 is 0. The van der Waals surface area contributed by atoms with Crippen molar-refractivity contribution in [1.29, 1.82) is 0 Å². The lowest BCUT2D eigenvalue weighted by Gasteiger charge is -2.03. The smallest absolute Gasteiger partial charge is 0.168 e. The number of pyridine rings is 1. The Bertz CT molecular complexity index is 503. The van der Waals surface area contributed by atoms with Crippen LogP contribution in [-0.2, 0) is 0 Å². The molecule has 1 heterocycles. The van der Waals surface area contributed by atoms with E-state index in [0.717, 1.165) is 22.8 Å². The first-order valence-corrected chi connectivity index (χ1v) is 4.54. The van der Waals surface area contributed by atoms with Crippen LogP contribution in [0.3, 0.4) is 0 Å². The molecule has 2 rings (SSSR count). The van der Waals surface area contributed by atoms with Crippen LogP contribution in [-0.4, -0.2) is 11.3 Å². The van der Waals surface area contributed by atoms with Crippen molar-refractivity contribution in [2.45, 2.75) is 13.8 Å². The molecule has 1 aromatic carbocycles. The number of benzene rings is 1. The molecule has 1 aromatic heterocycles. The van der Waals surface area contributed by atoms with Crippen molar-refractivity contribution in [2.75, 3.05) is 0 Å². The quantitative estimate of drug-likeness (QED) is 0.639. The summed E-state index contributed by atoms with van der Waals surface area (Å²) in [4.78, 5) is 14.8. The Morgan fingerprint density at radius 1 is 1.21 bits per heavy atom. The van der Waals surface area contributed by atoms with E-state index in [4.69, 9.17) is 0 Å². The molecule has 0 aliphatic carbocycles. The molecule has 0 aliphatic rings. The van der Waals surface area contributed by atoms with Crippen molar-refractivity contribution in [3.05, 3.63) is 41.1 Å². The molecule has 0 saturated carbocycles. The average Bonchev–Trinajstić information content (AvgIpc) is 2.17. The average molecular weight is 185 g/mol. The van der Waals surface area contributed by atoms with Gasteiger partial charge in [-0.05, 0) is 31.5 Å². The lowest BCUT2D eigenvalue weighted by Crippen LogP contribution is -1.90. The number of fused-ring (bicyclic) bond motifs is 1. The van der Waals surface area contributed by atoms with Crippen LogP contribution in [0.15, 0.2) is 24.3 Å². The minimum Gasteiger partial charge on any atom is -0.296 e. The molecular weight excluding hydrogens is 174 g/mol. The van der Waals surface area contributed by atoms with Gasteiger partial charge in [-0.15, -0.1) is 0 Å². The van der Waals surface area contributed by atoms with Crippen LogP contribution < -0.4 is 0 Å². The van der Waals surface area contributed by atoms with Crippen molar-refractivity contribution in [2.24, 2.45) is 0 Å². The van der Waals surface area contributed by atoms with Gasteiger partial charge in [-0.2, -0.15) is 0 Å². The second-order valence-electron chi connectivity index (χ2n) is 3.51. The van der Waals surface area contributed by atoms with Crippen LogP contribution in [0.4, 0.5) is 0 Å². The van der Waals surface area contributed by atoms with Gasteiger partial charge in [-0.3, -0.25) is 4.79 Å². The molecule has 0 spiro atoms. The van der Waals surface area contributed by atoms with Crippen LogP contribution in [0.25, 0.3) is 10.9 Å². The molecule has 2 aromatic rings. The molecule has 14 heavy (non-hydrogen) atoms. The van der Waals surface area contributed by atoms with Crippen molar-refractivity contribution >= 4 is 17.2 Å². The summed E-state index contributed by atoms with van der Waals surface area (Å²) < 4.78 is 0. The third-order valence-electron chi connectivity index (χ3n) is 2.27. The number of rotatable bonds is 1. The molecule has 0 amide bonds. The van der Waals surface area contributed by atoms with E-state index < -0.39 is 0 Å². The van der Waals surface area contributed by atoms with Gasteiger partial charge in [0.25, 0.3) is 0 Å². The van der Waals surface area contributed by atoms with Gasteiger partial charge in [0, 0.05) is 5.39 Å². The van der Waals surface area contributed by atoms with Crippen molar-refractivity contribution in [3.63, 3.8) is 0 Å². The van der Waals surface area contributed by atoms with Crippen LogP contribution >= 0.6 is 0 Å². The van der Waals surface area contributed by atoms with Gasteiger partial charge in [0.1, 0.15) is 5.69 Å². The predicted octanol–water partition coefficient (Wildman–Crippen LogP) is 2.66. The number of aryl methyl sites for hydroxylation is 2. The monoisotopic (exact) mass is 185 g/mol. The fourth-order valence-electron chi connectivity index (χ4n) is 1.68. The van der Waals surface area contributed by atoms with Crippen molar-refractivity contribution in [1.82, 2.24) is 4.98 Å². The molecule has 0 N–H and O–H groups in total. The minimum absolute atomic E-state index is 0.490. The zero-order valence-corrected chi connectivity index (χ0v) is 8.24. The van der Waals surface area contributed by atoms with E-state index in [1.54, 1.807) is 6.07 Å². The number of carbonyl (C=O) groups excluding carboxylic acids is 1. The molecule has 0 atom stereocenters. The second kappa shape index (κ2) is 3.22. The van der Waals surface area contributed by atoms with Gasteiger partial charge in [-0.25, -0.2) is 4.98 Å². The number of nitrogens with zero attached hydrogens (tertiary/aromatic N) is 1. The summed E-state index contributed by atoms with van der Waals surface area (Å²) in [7, 11) is 0. The van der Waals surface area contributed by atoms with Gasteiger partial charge >= 0.3 is 0 Å². The maximum atomic E-state index is 10.6. The predicted molar refractivity (Wildman–Crippen MR) is 56.6 cm³/mol. The summed E-state index contributed by atoms with van der Waals surface area (Å²) in [6, 6.07) is 7.83. The van der Waals surface area contributed by atoms with Gasteiger partial charge in [0.05, 0.1) is 5.52 Å². The standard InChI is InChI=1S/C12H11NO/c1-8-5-9(2)12-10(6-8)3-4-11(7-14)13-12/h3-7H,1-2H3. The van der Waals surface area contributed by atoms with Crippen LogP contribution in [0.1, 0.15) is 21.6 Å². The second-order valence-corrected chi connectivity index (χ2v) is 3.51. The normalized spacial score (nSPS) is 10.4. The Morgan fingerprint density at radius 3 is 2.71 bits per heavy atom. The zero-order chi connectivity index (χ0) is 10.1. The molecule has 70 valence electrons. The Hall–Kier alpha value is -1.70. The van der Waals surface area contributed by atoms with Gasteiger partial charge in [0.2, 0.25) is 0 Å². The topological polar surface area (TPSA) is 30.0 Å². The van der Waals surface area contributed by atoms with E-state index >= 15 is 0 Å². The fourth-order valence-corrected chi connectivity index (χ4v) is 1.68. The highest BCUT2D eigenvalue weighted by atomic mass is 16.1. The lowest BCUT2D eigenvalue weighted by molar-refractivity contribution is 0.111. The third kappa shape index (κ3) is 1.39. The van der Waals surface area contributed by atoms with Crippen LogP contribution in [0.5, 0.6) is 0 Å². The molecule has 2 nitrogen and oxygen atoms in total. The largest absolute Gasteiger partial charge is 0.296 e. The van der Waals surface area contributed by atoms with E-state index in [1.165, 1.54) is 5.56 Å². The van der Waals surface area contributed by atoms with Gasteiger partial charge < -0.3 is 0 Å². The van der Waals surface area contributed by atoms with Crippen molar-refractivity contribution in [3.8, 4) is 0 Å². The molecule has 0 radical (unpaired) electrons. The first kappa shape index (κ1) is 8.88. The third-order valence-corrected chi connectivity index (χ3v) is 2.27. The Labute approximate surface area is 82.6 Å². The number of hydrogen-bond acceptors (Lipinski definition) is 2. The van der Waals surface area contributed by atoms with Crippen molar-refractivity contribution < 1.29 is 4.79 Å². The summed E-state index contributed by atoms with van der Waals surface area (Å²) in [5.41, 5.74) is 3.74. The van der Waals surface area contributed by atoms with Crippen LogP contribution in [0.2, 0.25) is 0 Å². The molecule has 0 bridgehead atoms. The van der Waals surface area contributed by atoms with Gasteiger partial charge in [0.15, 0.2) is 6.29 Å². The molecular formula is C12H11NO. The SMILES string of the molecule is Cc1cc(C)c2nc(C=O)ccc2c1. The highest BCUT2D eigenvalue weighted by Crippen LogP contribution is 2.18. The maximum absolute atomic E-state index is 10.6. The summed E-state index contributed by atoms with van der Waals surface area (Å²) in [5, 5.41) is 1.09. The van der Waals surface area contributed by atoms with Crippen LogP contribution in [0, 0.1) is 13.8 Å². The number of aldehydes is 1.